The lowest BCUT2D eigenvalue weighted by Crippen LogP contribution is -2.28. The summed E-state index contributed by atoms with van der Waals surface area (Å²) in [6.45, 7) is 2.39. The van der Waals surface area contributed by atoms with Crippen LogP contribution in [0, 0.1) is 17.8 Å². The van der Waals surface area contributed by atoms with Crippen LogP contribution in [-0.2, 0) is 0 Å². The van der Waals surface area contributed by atoms with Crippen LogP contribution in [-0.4, -0.2) is 19.5 Å². The molecule has 3 aromatic heterocycles. The first-order valence-electron chi connectivity index (χ1n) is 20.9. The van der Waals surface area contributed by atoms with Crippen molar-refractivity contribution < 1.29 is 0 Å². The fourth-order valence-electron chi connectivity index (χ4n) is 10.0. The summed E-state index contributed by atoms with van der Waals surface area (Å²) in [7, 11) is 0. The van der Waals surface area contributed by atoms with E-state index in [-0.39, 0.29) is 17.8 Å². The maximum absolute atomic E-state index is 5.43. The molecule has 0 aliphatic heterocycles. The second-order valence-electron chi connectivity index (χ2n) is 16.5. The molecule has 280 valence electrons. The molecule has 4 unspecified atom stereocenters. The van der Waals surface area contributed by atoms with Crippen molar-refractivity contribution in [2.24, 2.45) is 17.8 Å². The van der Waals surface area contributed by atoms with Crippen molar-refractivity contribution in [3.63, 3.8) is 0 Å². The van der Waals surface area contributed by atoms with Crippen LogP contribution in [0.4, 0.5) is 0 Å². The van der Waals surface area contributed by atoms with E-state index in [0.29, 0.717) is 11.8 Å². The van der Waals surface area contributed by atoms with Gasteiger partial charge in [-0.2, -0.15) is 0 Å². The highest BCUT2D eigenvalue weighted by Crippen LogP contribution is 2.50. The number of aromatic nitrogens is 4. The van der Waals surface area contributed by atoms with Gasteiger partial charge in [0.25, 0.3) is 0 Å². The molecule has 5 heteroatoms. The molecule has 0 saturated heterocycles. The molecule has 5 aliphatic carbocycles. The Labute approximate surface area is 338 Å². The van der Waals surface area contributed by atoms with E-state index in [2.05, 4.69) is 157 Å². The van der Waals surface area contributed by atoms with Crippen LogP contribution in [0.2, 0.25) is 0 Å². The Balaban J connectivity index is 1.20. The first-order chi connectivity index (χ1) is 28.2. The molecule has 0 radical (unpaired) electrons. The van der Waals surface area contributed by atoms with E-state index in [9.17, 15) is 0 Å². The molecule has 0 N–H and O–H groups in total. The summed E-state index contributed by atoms with van der Waals surface area (Å²) >= 11 is 1.90. The topological polar surface area (TPSA) is 43.6 Å². The number of para-hydroxylation sites is 1. The van der Waals surface area contributed by atoms with Crippen LogP contribution in [0.5, 0.6) is 0 Å². The highest BCUT2D eigenvalue weighted by molar-refractivity contribution is 7.25. The fourth-order valence-corrected chi connectivity index (χ4v) is 11.2. The molecule has 6 aromatic rings. The predicted molar refractivity (Wildman–Crippen MR) is 240 cm³/mol. The van der Waals surface area contributed by atoms with Crippen molar-refractivity contribution in [1.29, 1.82) is 0 Å². The highest BCUT2D eigenvalue weighted by atomic mass is 32.1. The third-order valence-corrected chi connectivity index (χ3v) is 14.1. The molecular formula is C52H46N4S. The molecule has 5 atom stereocenters. The quantitative estimate of drug-likeness (QED) is 0.159. The van der Waals surface area contributed by atoms with Gasteiger partial charge < -0.3 is 4.57 Å². The van der Waals surface area contributed by atoms with E-state index in [1.54, 1.807) is 0 Å². The van der Waals surface area contributed by atoms with Gasteiger partial charge >= 0.3 is 0 Å². The maximum atomic E-state index is 5.43. The molecule has 0 saturated carbocycles. The summed E-state index contributed by atoms with van der Waals surface area (Å²) in [5.74, 6) is 4.00. The van der Waals surface area contributed by atoms with Gasteiger partial charge in [-0.15, -0.1) is 11.3 Å². The van der Waals surface area contributed by atoms with E-state index in [1.807, 2.05) is 11.3 Å². The first kappa shape index (κ1) is 34.6. The second kappa shape index (κ2) is 14.4. The molecule has 0 spiro atoms. The standard InChI is InChI=1S/C52H46N4S/c1-33-17-11-12-24-38(33)44-30-37(52-54-50(35-20-7-3-8-21-35)53-51(55-52)36-22-9-4-10-23-36)29-41(34-18-5-2-6-19-34)49(44)56-45-27-15-13-25-39(45)42-31-43-40-26-14-16-28-47(40)57-48(43)32-46(42)56/h3-5,7-9,11-20,24-29,31-33,35-36,38,44H,2,6,10,21-23,30H2,1H3/t33-,35?,36?,38?,44?/m0/s1. The molecule has 0 fully saturated rings. The van der Waals surface area contributed by atoms with Gasteiger partial charge in [-0.05, 0) is 98.3 Å². The zero-order valence-corrected chi connectivity index (χ0v) is 33.2. The number of nitrogens with zero attached hydrogens (tertiary/aromatic N) is 4. The van der Waals surface area contributed by atoms with Crippen molar-refractivity contribution in [3.8, 4) is 0 Å². The van der Waals surface area contributed by atoms with Gasteiger partial charge in [0.2, 0.25) is 0 Å². The van der Waals surface area contributed by atoms with E-state index in [1.165, 1.54) is 64.4 Å². The van der Waals surface area contributed by atoms with Crippen molar-refractivity contribution in [2.75, 3.05) is 0 Å². The van der Waals surface area contributed by atoms with Crippen molar-refractivity contribution in [1.82, 2.24) is 19.5 Å². The Morgan fingerprint density at radius 1 is 0.684 bits per heavy atom. The SMILES string of the molecule is C[C@H]1C=CC=CC1C1CC(c2nc(C3C=CC=CC3)nc(C3CC=CCC3)n2)=CC(C2=CCCC=C2)=C1n1c2ccccc2c2cc3c(cc21)sc1ccccc13. The number of allylic oxidation sites excluding steroid dienone is 18. The number of fused-ring (bicyclic) bond motifs is 6. The Bertz CT molecular complexity index is 2880. The lowest BCUT2D eigenvalue weighted by Gasteiger charge is -2.37. The highest BCUT2D eigenvalue weighted by Gasteiger charge is 2.37. The second-order valence-corrected chi connectivity index (χ2v) is 17.5. The Morgan fingerprint density at radius 2 is 1.54 bits per heavy atom. The molecule has 57 heavy (non-hydrogen) atoms. The third-order valence-electron chi connectivity index (χ3n) is 12.9. The number of hydrogen-bond donors (Lipinski definition) is 0. The lowest BCUT2D eigenvalue weighted by molar-refractivity contribution is 0.394. The van der Waals surface area contributed by atoms with E-state index >= 15 is 0 Å². The van der Waals surface area contributed by atoms with Gasteiger partial charge in [0, 0.05) is 60.0 Å². The minimum Gasteiger partial charge on any atom is -0.312 e. The minimum absolute atomic E-state index is 0.152. The summed E-state index contributed by atoms with van der Waals surface area (Å²) < 4.78 is 5.32. The predicted octanol–water partition coefficient (Wildman–Crippen LogP) is 13.7. The maximum Gasteiger partial charge on any atom is 0.159 e. The Morgan fingerprint density at radius 3 is 2.39 bits per heavy atom. The molecular weight excluding hydrogens is 713 g/mol. The lowest BCUT2D eigenvalue weighted by atomic mass is 9.71. The fraction of sp³-hybridized carbons (Fsp3) is 0.250. The van der Waals surface area contributed by atoms with Crippen LogP contribution >= 0.6 is 11.3 Å². The zero-order valence-electron chi connectivity index (χ0n) is 32.4. The molecule has 0 amide bonds. The van der Waals surface area contributed by atoms with Crippen LogP contribution in [0.15, 0.2) is 157 Å². The average Bonchev–Trinajstić information content (AvgIpc) is 3.80. The van der Waals surface area contributed by atoms with Crippen LogP contribution in [0.25, 0.3) is 53.2 Å². The summed E-state index contributed by atoms with van der Waals surface area (Å²) in [4.78, 5) is 16.1. The molecule has 5 aliphatic rings. The van der Waals surface area contributed by atoms with E-state index in [4.69, 9.17) is 15.0 Å². The van der Waals surface area contributed by atoms with Gasteiger partial charge in [-0.25, -0.2) is 15.0 Å². The monoisotopic (exact) mass is 758 g/mol. The van der Waals surface area contributed by atoms with Gasteiger partial charge in [0.15, 0.2) is 5.82 Å². The smallest absolute Gasteiger partial charge is 0.159 e. The van der Waals surface area contributed by atoms with Gasteiger partial charge in [-0.3, -0.25) is 0 Å². The van der Waals surface area contributed by atoms with Crippen molar-refractivity contribution in [2.45, 2.75) is 63.7 Å². The summed E-state index contributed by atoms with van der Waals surface area (Å²) in [6, 6.07) is 22.9. The number of thiophene rings is 1. The summed E-state index contributed by atoms with van der Waals surface area (Å²) in [5.41, 5.74) is 7.72. The average molecular weight is 759 g/mol. The van der Waals surface area contributed by atoms with Crippen molar-refractivity contribution >= 4 is 64.6 Å². The zero-order chi connectivity index (χ0) is 37.9. The first-order valence-corrected chi connectivity index (χ1v) is 21.8. The molecule has 0 bridgehead atoms. The molecule has 3 heterocycles. The van der Waals surface area contributed by atoms with Gasteiger partial charge in [0.05, 0.1) is 11.0 Å². The Kier molecular flexibility index (Phi) is 8.72. The van der Waals surface area contributed by atoms with E-state index < -0.39 is 0 Å². The largest absolute Gasteiger partial charge is 0.312 e. The van der Waals surface area contributed by atoms with Crippen LogP contribution in [0.3, 0.4) is 0 Å². The summed E-state index contributed by atoms with van der Waals surface area (Å²) in [5, 5.41) is 5.29. The van der Waals surface area contributed by atoms with Crippen LogP contribution in [0.1, 0.15) is 81.2 Å². The van der Waals surface area contributed by atoms with Crippen molar-refractivity contribution in [3.05, 3.63) is 174 Å². The van der Waals surface area contributed by atoms with Gasteiger partial charge in [-0.1, -0.05) is 122 Å². The molecule has 4 nitrogen and oxygen atoms in total. The number of rotatable bonds is 6. The number of benzene rings is 3. The van der Waals surface area contributed by atoms with Crippen LogP contribution < -0.4 is 0 Å². The van der Waals surface area contributed by atoms with E-state index in [0.717, 1.165) is 62.4 Å². The normalized spacial score (nSPS) is 24.7. The van der Waals surface area contributed by atoms with Gasteiger partial charge in [0.1, 0.15) is 11.6 Å². The summed E-state index contributed by atoms with van der Waals surface area (Å²) in [6.07, 6.45) is 39.4. The minimum atomic E-state index is 0.152. The molecule has 11 rings (SSSR count). The third kappa shape index (κ3) is 6.06. The number of hydrogen-bond acceptors (Lipinski definition) is 4. The Hall–Kier alpha value is -5.65. The molecule has 3 aromatic carbocycles.